The van der Waals surface area contributed by atoms with Crippen molar-refractivity contribution in [1.29, 1.82) is 5.41 Å². The Hall–Kier alpha value is -1.71. The van der Waals surface area contributed by atoms with Crippen molar-refractivity contribution < 1.29 is 4.74 Å². The predicted octanol–water partition coefficient (Wildman–Crippen LogP) is 4.16. The van der Waals surface area contributed by atoms with E-state index in [1.165, 1.54) is 6.42 Å². The van der Waals surface area contributed by atoms with Crippen molar-refractivity contribution in [3.8, 4) is 5.75 Å². The molecular formula is C19H33N3O. The number of hydrogen-bond donors (Lipinski definition) is 3. The fourth-order valence-corrected chi connectivity index (χ4v) is 2.46. The first-order valence-electron chi connectivity index (χ1n) is 8.79. The van der Waals surface area contributed by atoms with Crippen LogP contribution >= 0.6 is 0 Å². The van der Waals surface area contributed by atoms with Gasteiger partial charge < -0.3 is 15.4 Å². The molecule has 4 heteroatoms. The third-order valence-electron chi connectivity index (χ3n) is 3.66. The van der Waals surface area contributed by atoms with Crippen LogP contribution in [0.25, 0.3) is 0 Å². The minimum atomic E-state index is 0.392. The minimum Gasteiger partial charge on any atom is -0.494 e. The van der Waals surface area contributed by atoms with Crippen LogP contribution < -0.4 is 15.4 Å². The molecule has 0 radical (unpaired) electrons. The molecule has 0 saturated carbocycles. The highest BCUT2D eigenvalue weighted by molar-refractivity contribution is 5.76. The molecule has 0 aromatic heterocycles. The molecule has 1 unspecified atom stereocenters. The molecule has 0 bridgehead atoms. The molecule has 0 saturated heterocycles. The molecule has 3 N–H and O–H groups in total. The Kier molecular flexibility index (Phi) is 9.18. The number of guanidine groups is 1. The highest BCUT2D eigenvalue weighted by Gasteiger charge is 2.05. The lowest BCUT2D eigenvalue weighted by atomic mass is 9.99. The summed E-state index contributed by atoms with van der Waals surface area (Å²) < 4.78 is 5.65. The van der Waals surface area contributed by atoms with Crippen molar-refractivity contribution in [2.45, 2.75) is 53.5 Å². The topological polar surface area (TPSA) is 57.1 Å². The van der Waals surface area contributed by atoms with Gasteiger partial charge in [0, 0.05) is 13.1 Å². The van der Waals surface area contributed by atoms with Crippen LogP contribution in [0.3, 0.4) is 0 Å². The quantitative estimate of drug-likeness (QED) is 0.345. The van der Waals surface area contributed by atoms with Crippen molar-refractivity contribution in [3.05, 3.63) is 29.8 Å². The second-order valence-corrected chi connectivity index (χ2v) is 6.69. The third kappa shape index (κ3) is 9.11. The van der Waals surface area contributed by atoms with Gasteiger partial charge in [-0.05, 0) is 42.4 Å². The fraction of sp³-hybridized carbons (Fsp3) is 0.632. The molecule has 1 rings (SSSR count). The summed E-state index contributed by atoms with van der Waals surface area (Å²) in [6.45, 7) is 11.1. The Balaban J connectivity index is 2.24. The van der Waals surface area contributed by atoms with Gasteiger partial charge in [-0.3, -0.25) is 5.41 Å². The number of nitrogens with one attached hydrogen (secondary N) is 3. The maximum absolute atomic E-state index is 7.92. The van der Waals surface area contributed by atoms with E-state index in [1.54, 1.807) is 0 Å². The molecule has 0 aliphatic rings. The summed E-state index contributed by atoms with van der Waals surface area (Å²) in [4.78, 5) is 0. The molecule has 23 heavy (non-hydrogen) atoms. The molecule has 0 aliphatic carbocycles. The van der Waals surface area contributed by atoms with Crippen LogP contribution in [0.4, 0.5) is 0 Å². The summed E-state index contributed by atoms with van der Waals surface area (Å²) in [7, 11) is 0. The van der Waals surface area contributed by atoms with Gasteiger partial charge in [-0.15, -0.1) is 0 Å². The summed E-state index contributed by atoms with van der Waals surface area (Å²) in [5.41, 5.74) is 1.15. The van der Waals surface area contributed by atoms with E-state index in [-0.39, 0.29) is 0 Å². The highest BCUT2D eigenvalue weighted by atomic mass is 16.5. The fourth-order valence-electron chi connectivity index (χ4n) is 2.46. The van der Waals surface area contributed by atoms with Crippen LogP contribution in [0.1, 0.15) is 52.5 Å². The van der Waals surface area contributed by atoms with E-state index in [0.717, 1.165) is 37.3 Å². The van der Waals surface area contributed by atoms with Crippen LogP contribution in [0.2, 0.25) is 0 Å². The van der Waals surface area contributed by atoms with E-state index in [9.17, 15) is 0 Å². The summed E-state index contributed by atoms with van der Waals surface area (Å²) in [6, 6.07) is 8.08. The number of rotatable bonds is 10. The van der Waals surface area contributed by atoms with Gasteiger partial charge in [-0.2, -0.15) is 0 Å². The second-order valence-electron chi connectivity index (χ2n) is 6.69. The van der Waals surface area contributed by atoms with E-state index in [0.29, 0.717) is 24.3 Å². The molecule has 0 amide bonds. The third-order valence-corrected chi connectivity index (χ3v) is 3.66. The van der Waals surface area contributed by atoms with Gasteiger partial charge in [0.2, 0.25) is 0 Å². The highest BCUT2D eigenvalue weighted by Crippen LogP contribution is 2.12. The van der Waals surface area contributed by atoms with Crippen LogP contribution in [0, 0.1) is 17.2 Å². The maximum atomic E-state index is 7.92. The first kappa shape index (κ1) is 19.3. The van der Waals surface area contributed by atoms with Crippen molar-refractivity contribution >= 4 is 5.96 Å². The van der Waals surface area contributed by atoms with Crippen molar-refractivity contribution in [2.24, 2.45) is 11.8 Å². The molecule has 0 heterocycles. The lowest BCUT2D eigenvalue weighted by Crippen LogP contribution is -2.38. The van der Waals surface area contributed by atoms with E-state index in [1.807, 2.05) is 24.3 Å². The number of hydrogen-bond acceptors (Lipinski definition) is 2. The number of benzene rings is 1. The second kappa shape index (κ2) is 10.9. The smallest absolute Gasteiger partial charge is 0.188 e. The zero-order valence-corrected chi connectivity index (χ0v) is 15.1. The zero-order valence-electron chi connectivity index (χ0n) is 15.1. The molecule has 0 spiro atoms. The first-order chi connectivity index (χ1) is 11.0. The zero-order chi connectivity index (χ0) is 17.1. The molecule has 130 valence electrons. The molecule has 0 fully saturated rings. The van der Waals surface area contributed by atoms with Gasteiger partial charge in [0.05, 0.1) is 6.61 Å². The van der Waals surface area contributed by atoms with Gasteiger partial charge in [-0.1, -0.05) is 46.2 Å². The minimum absolute atomic E-state index is 0.392. The Morgan fingerprint density at radius 1 is 1.13 bits per heavy atom. The van der Waals surface area contributed by atoms with Gasteiger partial charge in [0.15, 0.2) is 5.96 Å². The SMILES string of the molecule is CCCCOc1ccc(CNC(=N)NCC(C)CC(C)C)cc1. The van der Waals surface area contributed by atoms with Crippen LogP contribution in [-0.2, 0) is 6.54 Å². The van der Waals surface area contributed by atoms with Crippen LogP contribution in [0.15, 0.2) is 24.3 Å². The van der Waals surface area contributed by atoms with E-state index in [2.05, 4.69) is 38.3 Å². The van der Waals surface area contributed by atoms with Gasteiger partial charge >= 0.3 is 0 Å². The summed E-state index contributed by atoms with van der Waals surface area (Å²) in [6.07, 6.45) is 3.41. The van der Waals surface area contributed by atoms with Crippen LogP contribution in [-0.4, -0.2) is 19.1 Å². The molecule has 4 nitrogen and oxygen atoms in total. The molecule has 1 aromatic rings. The molecule has 1 aromatic carbocycles. The van der Waals surface area contributed by atoms with Crippen molar-refractivity contribution in [3.63, 3.8) is 0 Å². The average Bonchev–Trinajstić information content (AvgIpc) is 2.52. The van der Waals surface area contributed by atoms with Crippen LogP contribution in [0.5, 0.6) is 5.75 Å². The predicted molar refractivity (Wildman–Crippen MR) is 98.0 cm³/mol. The monoisotopic (exact) mass is 319 g/mol. The standard InChI is InChI=1S/C19H33N3O/c1-5-6-11-23-18-9-7-17(8-10-18)14-22-19(20)21-13-16(4)12-15(2)3/h7-10,15-16H,5-6,11-14H2,1-4H3,(H3,20,21,22). The van der Waals surface area contributed by atoms with Gasteiger partial charge in [0.1, 0.15) is 5.75 Å². The van der Waals surface area contributed by atoms with E-state index < -0.39 is 0 Å². The molecule has 0 aliphatic heterocycles. The van der Waals surface area contributed by atoms with E-state index >= 15 is 0 Å². The van der Waals surface area contributed by atoms with Gasteiger partial charge in [-0.25, -0.2) is 0 Å². The molecule has 1 atom stereocenters. The lowest BCUT2D eigenvalue weighted by Gasteiger charge is -2.16. The average molecular weight is 319 g/mol. The Morgan fingerprint density at radius 2 is 1.83 bits per heavy atom. The normalized spacial score (nSPS) is 12.0. The summed E-state index contributed by atoms with van der Waals surface area (Å²) >= 11 is 0. The van der Waals surface area contributed by atoms with Crippen molar-refractivity contribution in [2.75, 3.05) is 13.2 Å². The Bertz CT molecular complexity index is 442. The summed E-state index contributed by atoms with van der Waals surface area (Å²) in [5, 5.41) is 14.2. The van der Waals surface area contributed by atoms with E-state index in [4.69, 9.17) is 10.1 Å². The Morgan fingerprint density at radius 3 is 2.43 bits per heavy atom. The number of ether oxygens (including phenoxy) is 1. The van der Waals surface area contributed by atoms with Gasteiger partial charge in [0.25, 0.3) is 0 Å². The largest absolute Gasteiger partial charge is 0.494 e. The Labute approximate surface area is 141 Å². The lowest BCUT2D eigenvalue weighted by molar-refractivity contribution is 0.309. The maximum Gasteiger partial charge on any atom is 0.188 e. The molecular weight excluding hydrogens is 286 g/mol. The van der Waals surface area contributed by atoms with Crippen molar-refractivity contribution in [1.82, 2.24) is 10.6 Å². The summed E-state index contributed by atoms with van der Waals surface area (Å²) in [5.74, 6) is 2.59. The number of unbranched alkanes of at least 4 members (excludes halogenated alkanes) is 1. The first-order valence-corrected chi connectivity index (χ1v) is 8.79.